The molecule has 3 heterocycles. The Kier molecular flexibility index (Phi) is 9.05. The molecule has 1 aromatic heterocycles. The van der Waals surface area contributed by atoms with Crippen LogP contribution in [0.2, 0.25) is 10.0 Å². The molecule has 2 aromatic carbocycles. The highest BCUT2D eigenvalue weighted by Crippen LogP contribution is 2.37. The molecule has 8 heteroatoms. The number of hydrogen-bond acceptors (Lipinski definition) is 5. The summed E-state index contributed by atoms with van der Waals surface area (Å²) in [5.41, 5.74) is 3.37. The van der Waals surface area contributed by atoms with Crippen molar-refractivity contribution in [2.24, 2.45) is 11.8 Å². The first kappa shape index (κ1) is 27.5. The number of anilines is 1. The Morgan fingerprint density at radius 3 is 2.33 bits per heavy atom. The van der Waals surface area contributed by atoms with Gasteiger partial charge in [-0.2, -0.15) is 0 Å². The molecule has 2 aliphatic heterocycles. The number of aldehydes is 1. The highest BCUT2D eigenvalue weighted by atomic mass is 35.5. The van der Waals surface area contributed by atoms with Crippen molar-refractivity contribution >= 4 is 41.1 Å². The summed E-state index contributed by atoms with van der Waals surface area (Å²) in [6.45, 7) is 3.66. The summed E-state index contributed by atoms with van der Waals surface area (Å²) >= 11 is 12.1. The first-order valence-corrected chi connectivity index (χ1v) is 14.3. The van der Waals surface area contributed by atoms with E-state index in [0.29, 0.717) is 35.5 Å². The van der Waals surface area contributed by atoms with Crippen LogP contribution in [-0.2, 0) is 16.0 Å². The normalized spacial score (nSPS) is 19.7. The second kappa shape index (κ2) is 12.8. The number of nitrogens with zero attached hydrogens (tertiary/aromatic N) is 3. The van der Waals surface area contributed by atoms with E-state index in [1.807, 2.05) is 24.3 Å². The number of piperidine rings is 1. The first-order chi connectivity index (χ1) is 19.0. The van der Waals surface area contributed by atoms with Crippen LogP contribution in [0.5, 0.6) is 5.88 Å². The fraction of sp³-hybridized carbons (Fsp3) is 0.387. The Bertz CT molecular complexity index is 1240. The summed E-state index contributed by atoms with van der Waals surface area (Å²) in [6.07, 6.45) is 5.45. The monoisotopic (exact) mass is 565 g/mol. The predicted octanol–water partition coefficient (Wildman–Crippen LogP) is 6.06. The molecule has 0 aliphatic carbocycles. The van der Waals surface area contributed by atoms with Gasteiger partial charge in [0.05, 0.1) is 11.6 Å². The molecule has 0 unspecified atom stereocenters. The van der Waals surface area contributed by atoms with E-state index >= 15 is 0 Å². The van der Waals surface area contributed by atoms with Gasteiger partial charge in [-0.3, -0.25) is 4.79 Å². The van der Waals surface area contributed by atoms with Gasteiger partial charge in [0.15, 0.2) is 0 Å². The number of pyridine rings is 1. The average molecular weight is 567 g/mol. The number of hydrogen-bond donors (Lipinski definition) is 0. The van der Waals surface area contributed by atoms with Gasteiger partial charge >= 0.3 is 0 Å². The molecule has 6 nitrogen and oxygen atoms in total. The number of carbonyl (C=O) groups excluding carboxylic acids is 2. The van der Waals surface area contributed by atoms with Crippen molar-refractivity contribution in [1.82, 2.24) is 9.88 Å². The van der Waals surface area contributed by atoms with E-state index in [-0.39, 0.29) is 23.7 Å². The van der Waals surface area contributed by atoms with Gasteiger partial charge in [0, 0.05) is 67.4 Å². The van der Waals surface area contributed by atoms with E-state index in [0.717, 1.165) is 56.4 Å². The molecule has 0 radical (unpaired) electrons. The number of benzene rings is 2. The molecule has 39 heavy (non-hydrogen) atoms. The Hall–Kier alpha value is -3.09. The molecule has 0 bridgehead atoms. The lowest BCUT2D eigenvalue weighted by molar-refractivity contribution is -0.135. The standard InChI is InChI=1S/C31H33Cl2N3O3/c32-26-5-3-23(4-6-26)29-21-36(20-25(29)14-18-39-30-10-7-27(33)19-34-30)31(38)24-11-15-35(16-12-24)28-8-1-22(2-9-28)13-17-37/h1-10,17,19,24-25,29H,11-16,18,20-21H2/t25-,29+/m0/s1. The molecule has 2 saturated heterocycles. The third-order valence-electron chi connectivity index (χ3n) is 7.95. The molecule has 5 rings (SSSR count). The molecular formula is C31H33Cl2N3O3. The number of halogens is 2. The lowest BCUT2D eigenvalue weighted by Crippen LogP contribution is -2.42. The maximum atomic E-state index is 13.7. The van der Waals surface area contributed by atoms with E-state index < -0.39 is 0 Å². The number of rotatable bonds is 9. The molecule has 3 aromatic rings. The minimum atomic E-state index is 0.0368. The summed E-state index contributed by atoms with van der Waals surface area (Å²) < 4.78 is 5.90. The molecular weight excluding hydrogens is 533 g/mol. The van der Waals surface area contributed by atoms with Gasteiger partial charge in [-0.1, -0.05) is 47.5 Å². The van der Waals surface area contributed by atoms with E-state index in [2.05, 4.69) is 39.0 Å². The van der Waals surface area contributed by atoms with Crippen molar-refractivity contribution in [3.8, 4) is 5.88 Å². The van der Waals surface area contributed by atoms with Gasteiger partial charge in [0.1, 0.15) is 6.29 Å². The largest absolute Gasteiger partial charge is 0.478 e. The van der Waals surface area contributed by atoms with E-state index in [1.54, 1.807) is 18.3 Å². The third kappa shape index (κ3) is 6.92. The lowest BCUT2D eigenvalue weighted by atomic mass is 9.87. The zero-order valence-corrected chi connectivity index (χ0v) is 23.4. The van der Waals surface area contributed by atoms with Crippen molar-refractivity contribution in [1.29, 1.82) is 0 Å². The molecule has 0 saturated carbocycles. The van der Waals surface area contributed by atoms with Crippen LogP contribution in [0.3, 0.4) is 0 Å². The van der Waals surface area contributed by atoms with Crippen LogP contribution in [-0.4, -0.2) is 54.9 Å². The van der Waals surface area contributed by atoms with Crippen LogP contribution in [0.4, 0.5) is 5.69 Å². The zero-order valence-electron chi connectivity index (χ0n) is 21.8. The minimum Gasteiger partial charge on any atom is -0.478 e. The number of likely N-dealkylation sites (tertiary alicyclic amines) is 1. The van der Waals surface area contributed by atoms with Gasteiger partial charge in [-0.15, -0.1) is 0 Å². The maximum absolute atomic E-state index is 13.7. The summed E-state index contributed by atoms with van der Waals surface area (Å²) in [7, 11) is 0. The number of carbonyl (C=O) groups is 2. The SMILES string of the molecule is O=CCc1ccc(N2CCC(C(=O)N3C[C@H](CCOc4ccc(Cl)cn4)[C@@H](c4ccc(Cl)cc4)C3)CC2)cc1. The van der Waals surface area contributed by atoms with Crippen molar-refractivity contribution in [2.75, 3.05) is 37.7 Å². The van der Waals surface area contributed by atoms with Crippen LogP contribution >= 0.6 is 23.2 Å². The van der Waals surface area contributed by atoms with Crippen LogP contribution < -0.4 is 9.64 Å². The Morgan fingerprint density at radius 1 is 0.949 bits per heavy atom. The summed E-state index contributed by atoms with van der Waals surface area (Å²) in [4.78, 5) is 33.0. The summed E-state index contributed by atoms with van der Waals surface area (Å²) in [5.74, 6) is 1.37. The quantitative estimate of drug-likeness (QED) is 0.295. The predicted molar refractivity (Wildman–Crippen MR) is 155 cm³/mol. The second-order valence-corrected chi connectivity index (χ2v) is 11.3. The van der Waals surface area contributed by atoms with Crippen molar-refractivity contribution in [2.45, 2.75) is 31.6 Å². The topological polar surface area (TPSA) is 62.7 Å². The zero-order chi connectivity index (χ0) is 27.2. The first-order valence-electron chi connectivity index (χ1n) is 13.6. The molecule has 2 atom stereocenters. The Labute approximate surface area is 239 Å². The van der Waals surface area contributed by atoms with Crippen molar-refractivity contribution in [3.63, 3.8) is 0 Å². The molecule has 204 valence electrons. The third-order valence-corrected chi connectivity index (χ3v) is 8.43. The van der Waals surface area contributed by atoms with Crippen molar-refractivity contribution < 1.29 is 14.3 Å². The van der Waals surface area contributed by atoms with E-state index in [9.17, 15) is 9.59 Å². The van der Waals surface area contributed by atoms with Gasteiger partial charge < -0.3 is 19.3 Å². The van der Waals surface area contributed by atoms with Crippen LogP contribution in [0.1, 0.15) is 36.3 Å². The van der Waals surface area contributed by atoms with E-state index in [1.165, 1.54) is 5.56 Å². The molecule has 0 N–H and O–H groups in total. The van der Waals surface area contributed by atoms with Gasteiger partial charge in [-0.05, 0) is 66.6 Å². The summed E-state index contributed by atoms with van der Waals surface area (Å²) in [5, 5.41) is 1.29. The fourth-order valence-corrected chi connectivity index (χ4v) is 6.01. The smallest absolute Gasteiger partial charge is 0.225 e. The highest BCUT2D eigenvalue weighted by molar-refractivity contribution is 6.30. The van der Waals surface area contributed by atoms with Crippen LogP contribution in [0, 0.1) is 11.8 Å². The molecule has 2 fully saturated rings. The minimum absolute atomic E-state index is 0.0368. The fourth-order valence-electron chi connectivity index (χ4n) is 5.78. The lowest BCUT2D eigenvalue weighted by Gasteiger charge is -2.34. The van der Waals surface area contributed by atoms with Crippen LogP contribution in [0.15, 0.2) is 66.9 Å². The number of aromatic nitrogens is 1. The van der Waals surface area contributed by atoms with Crippen LogP contribution in [0.25, 0.3) is 0 Å². The van der Waals surface area contributed by atoms with Gasteiger partial charge in [-0.25, -0.2) is 4.98 Å². The molecule has 2 aliphatic rings. The van der Waals surface area contributed by atoms with Crippen molar-refractivity contribution in [3.05, 3.63) is 88.0 Å². The maximum Gasteiger partial charge on any atom is 0.225 e. The number of amides is 1. The second-order valence-electron chi connectivity index (χ2n) is 10.4. The molecule has 1 amide bonds. The Morgan fingerprint density at radius 2 is 1.67 bits per heavy atom. The van der Waals surface area contributed by atoms with Gasteiger partial charge in [0.2, 0.25) is 11.8 Å². The number of ether oxygens (including phenoxy) is 1. The average Bonchev–Trinajstić information content (AvgIpc) is 3.39. The van der Waals surface area contributed by atoms with Gasteiger partial charge in [0.25, 0.3) is 0 Å². The summed E-state index contributed by atoms with van der Waals surface area (Å²) in [6, 6.07) is 19.7. The molecule has 0 spiro atoms. The highest BCUT2D eigenvalue weighted by Gasteiger charge is 2.39. The Balaban J connectivity index is 1.20. The van der Waals surface area contributed by atoms with E-state index in [4.69, 9.17) is 27.9 Å².